The minimum absolute atomic E-state index is 0.0143. The summed E-state index contributed by atoms with van der Waals surface area (Å²) in [7, 11) is -1.37. The summed E-state index contributed by atoms with van der Waals surface area (Å²) in [6.07, 6.45) is -6.64. The van der Waals surface area contributed by atoms with Crippen molar-refractivity contribution < 1.29 is 35.8 Å². The van der Waals surface area contributed by atoms with Crippen molar-refractivity contribution in [2.45, 2.75) is 38.6 Å². The third-order valence-corrected chi connectivity index (χ3v) is 3.25. The summed E-state index contributed by atoms with van der Waals surface area (Å²) < 4.78 is 109. The lowest BCUT2D eigenvalue weighted by atomic mass is 10.0. The molecule has 0 radical (unpaired) electrons. The van der Waals surface area contributed by atoms with Crippen LogP contribution in [0.2, 0.25) is 0 Å². The van der Waals surface area contributed by atoms with Crippen LogP contribution in [0.5, 0.6) is 17.2 Å². The molecule has 4 heteroatoms. The van der Waals surface area contributed by atoms with Crippen molar-refractivity contribution >= 4 is 0 Å². The third-order valence-electron chi connectivity index (χ3n) is 3.25. The van der Waals surface area contributed by atoms with E-state index in [1.807, 2.05) is 0 Å². The van der Waals surface area contributed by atoms with Crippen molar-refractivity contribution in [3.05, 3.63) is 53.5 Å². The van der Waals surface area contributed by atoms with Gasteiger partial charge in [-0.1, -0.05) is 24.6 Å². The Morgan fingerprint density at radius 1 is 1.28 bits per heavy atom. The predicted molar refractivity (Wildman–Crippen MR) is 99.8 cm³/mol. The number of hydrogen-bond donors (Lipinski definition) is 1. The topological polar surface area (TPSA) is 47.9 Å². The van der Waals surface area contributed by atoms with Crippen molar-refractivity contribution in [1.82, 2.24) is 0 Å². The quantitative estimate of drug-likeness (QED) is 0.694. The van der Waals surface area contributed by atoms with E-state index in [2.05, 4.69) is 0 Å². The van der Waals surface area contributed by atoms with E-state index in [1.54, 1.807) is 0 Å². The fourth-order valence-electron chi connectivity index (χ4n) is 2.05. The van der Waals surface area contributed by atoms with Crippen LogP contribution in [-0.4, -0.2) is 31.9 Å². The summed E-state index contributed by atoms with van der Waals surface area (Å²) in [5, 5.41) is 10.6. The highest BCUT2D eigenvalue weighted by Crippen LogP contribution is 2.28. The van der Waals surface area contributed by atoms with Gasteiger partial charge in [0, 0.05) is 2.74 Å². The number of ether oxygens (including phenoxy) is 3. The Morgan fingerprint density at radius 2 is 2.16 bits per heavy atom. The van der Waals surface area contributed by atoms with Crippen LogP contribution in [0.15, 0.2) is 42.4 Å². The molecular formula is C21H28O4. The SMILES string of the molecule is [2H]c1c([2H])c(C)c([2H])c(OC([2H])([2H])C([2H])(O)C([2H])([2H])CCCc2ccc(OC([2H])([2H])[2H])c(OC)c2)c1[2H]. The lowest BCUT2D eigenvalue weighted by molar-refractivity contribution is 0.0976. The van der Waals surface area contributed by atoms with E-state index in [1.165, 1.54) is 32.2 Å². The number of rotatable bonds is 10. The highest BCUT2D eigenvalue weighted by atomic mass is 16.5. The molecule has 1 N–H and O–H groups in total. The summed E-state index contributed by atoms with van der Waals surface area (Å²) in [5.74, 6) is -0.658. The smallest absolute Gasteiger partial charge is 0.160 e. The second-order valence-corrected chi connectivity index (χ2v) is 5.12. The van der Waals surface area contributed by atoms with Gasteiger partial charge in [0.1, 0.15) is 12.3 Å². The molecule has 0 spiro atoms. The van der Waals surface area contributed by atoms with Crippen molar-refractivity contribution in [2.75, 3.05) is 20.7 Å². The van der Waals surface area contributed by atoms with Gasteiger partial charge in [0.05, 0.1) is 33.9 Å². The van der Waals surface area contributed by atoms with Crippen LogP contribution in [0.1, 0.15) is 46.8 Å². The molecule has 2 aromatic carbocycles. The van der Waals surface area contributed by atoms with Gasteiger partial charge in [-0.25, -0.2) is 0 Å². The van der Waals surface area contributed by atoms with Crippen LogP contribution in [0.3, 0.4) is 0 Å². The Balaban J connectivity index is 2.19. The fraction of sp³-hybridized carbons (Fsp3) is 0.429. The number of benzene rings is 2. The molecule has 4 nitrogen and oxygen atoms in total. The zero-order valence-corrected chi connectivity index (χ0v) is 14.0. The van der Waals surface area contributed by atoms with Gasteiger partial charge in [-0.15, -0.1) is 0 Å². The average molecular weight is 357 g/mol. The maximum atomic E-state index is 10.6. The predicted octanol–water partition coefficient (Wildman–Crippen LogP) is 4.16. The monoisotopic (exact) mass is 356 g/mol. The van der Waals surface area contributed by atoms with Crippen LogP contribution >= 0.6 is 0 Å². The zero-order valence-electron chi connectivity index (χ0n) is 26.0. The Bertz CT molecular complexity index is 1100. The molecule has 136 valence electrons. The molecule has 0 saturated carbocycles. The van der Waals surface area contributed by atoms with Crippen LogP contribution in [0.25, 0.3) is 0 Å². The molecule has 0 aliphatic rings. The Labute approximate surface area is 167 Å². The molecule has 0 fully saturated rings. The summed E-state index contributed by atoms with van der Waals surface area (Å²) in [4.78, 5) is 0. The largest absolute Gasteiger partial charge is 0.493 e. The first-order valence-corrected chi connectivity index (χ1v) is 7.60. The average Bonchev–Trinajstić information content (AvgIpc) is 2.78. The van der Waals surface area contributed by atoms with E-state index in [0.717, 1.165) is 0 Å². The number of methoxy groups -OCH3 is 2. The lowest BCUT2D eigenvalue weighted by Gasteiger charge is -2.13. The van der Waals surface area contributed by atoms with Crippen LogP contribution in [0, 0.1) is 6.92 Å². The minimum atomic E-state index is -3.50. The van der Waals surface area contributed by atoms with Crippen molar-refractivity contribution in [3.8, 4) is 17.2 Å². The molecule has 1 unspecified atom stereocenters. The first-order valence-electron chi connectivity index (χ1n) is 13.6. The summed E-state index contributed by atoms with van der Waals surface area (Å²) >= 11 is 0. The first-order chi connectivity index (χ1) is 16.8. The van der Waals surface area contributed by atoms with E-state index in [0.29, 0.717) is 5.56 Å². The highest BCUT2D eigenvalue weighted by molar-refractivity contribution is 5.42. The number of aliphatic hydroxyl groups is 1. The van der Waals surface area contributed by atoms with Gasteiger partial charge in [-0.3, -0.25) is 0 Å². The highest BCUT2D eigenvalue weighted by Gasteiger charge is 2.07. The van der Waals surface area contributed by atoms with E-state index in [9.17, 15) is 5.11 Å². The van der Waals surface area contributed by atoms with Crippen molar-refractivity contribution in [1.29, 1.82) is 0 Å². The Hall–Kier alpha value is -2.20. The van der Waals surface area contributed by atoms with Crippen LogP contribution in [-0.2, 0) is 6.42 Å². The van der Waals surface area contributed by atoms with Crippen LogP contribution < -0.4 is 14.2 Å². The van der Waals surface area contributed by atoms with Gasteiger partial charge in [0.2, 0.25) is 0 Å². The van der Waals surface area contributed by atoms with Gasteiger partial charge < -0.3 is 19.3 Å². The normalized spacial score (nSPS) is 21.7. The van der Waals surface area contributed by atoms with E-state index in [4.69, 9.17) is 30.7 Å². The summed E-state index contributed by atoms with van der Waals surface area (Å²) in [5.41, 5.74) is 0.527. The van der Waals surface area contributed by atoms with Crippen LogP contribution in [0.4, 0.5) is 0 Å². The maximum absolute atomic E-state index is 10.6. The number of hydrogen-bond acceptors (Lipinski definition) is 4. The third kappa shape index (κ3) is 6.31. The maximum Gasteiger partial charge on any atom is 0.160 e. The Morgan fingerprint density at radius 3 is 2.96 bits per heavy atom. The molecule has 0 amide bonds. The summed E-state index contributed by atoms with van der Waals surface area (Å²) in [6, 6.07) is 1.98. The zero-order chi connectivity index (χ0) is 28.6. The number of aryl methyl sites for hydroxylation is 1. The second kappa shape index (κ2) is 9.94. The van der Waals surface area contributed by atoms with Gasteiger partial charge in [0.15, 0.2) is 11.5 Å². The van der Waals surface area contributed by atoms with Crippen molar-refractivity contribution in [3.63, 3.8) is 0 Å². The lowest BCUT2D eigenvalue weighted by Crippen LogP contribution is -2.17. The molecule has 0 bridgehead atoms. The van der Waals surface area contributed by atoms with E-state index in [-0.39, 0.29) is 29.9 Å². The second-order valence-electron chi connectivity index (χ2n) is 5.12. The first kappa shape index (κ1) is 8.45. The Kier molecular flexibility index (Phi) is 3.36. The molecule has 2 rings (SSSR count). The van der Waals surface area contributed by atoms with Gasteiger partial charge >= 0.3 is 0 Å². The van der Waals surface area contributed by atoms with Gasteiger partial charge in [-0.05, 0) is 61.5 Å². The molecule has 0 saturated heterocycles. The molecule has 0 heterocycles. The molecule has 0 aliphatic heterocycles. The summed E-state index contributed by atoms with van der Waals surface area (Å²) in [6.45, 7) is -2.14. The molecule has 1 atom stereocenters. The van der Waals surface area contributed by atoms with Gasteiger partial charge in [0.25, 0.3) is 0 Å². The van der Waals surface area contributed by atoms with Crippen molar-refractivity contribution in [2.24, 2.45) is 0 Å². The molecule has 0 aromatic heterocycles. The molecular weight excluding hydrogens is 316 g/mol. The molecule has 2 aromatic rings. The van der Waals surface area contributed by atoms with E-state index >= 15 is 0 Å². The standard InChI is InChI=1S/C21H28O4/c1-16-7-6-10-19(13-16)25-15-18(22)9-5-4-8-17-11-12-20(23-2)21(14-17)24-3/h6-7,10-14,18,22H,4-5,8-9,15H2,1-3H3/i2D3,6D,7D,9D2,10D,13D,15D2,18D. The van der Waals surface area contributed by atoms with Gasteiger partial charge in [-0.2, -0.15) is 0 Å². The fourth-order valence-corrected chi connectivity index (χ4v) is 2.05. The molecule has 0 aliphatic carbocycles. The van der Waals surface area contributed by atoms with E-state index < -0.39 is 62.4 Å². The minimum Gasteiger partial charge on any atom is -0.493 e. The molecule has 25 heavy (non-hydrogen) atoms.